The van der Waals surface area contributed by atoms with Crippen LogP contribution < -0.4 is 24.6 Å². The molecule has 2 aliphatic carbocycles. The molecule has 0 unspecified atom stereocenters. The second kappa shape index (κ2) is 19.4. The molecule has 1 spiro atoms. The van der Waals surface area contributed by atoms with E-state index in [-0.39, 0.29) is 46.1 Å². The number of pyridine rings is 1. The molecule has 17 nitrogen and oxygen atoms in total. The molecule has 5 aromatic rings. The summed E-state index contributed by atoms with van der Waals surface area (Å²) in [6.07, 6.45) is 8.79. The van der Waals surface area contributed by atoms with E-state index in [1.807, 2.05) is 37.4 Å². The molecule has 11 rings (SSSR count). The summed E-state index contributed by atoms with van der Waals surface area (Å²) < 4.78 is 49.5. The van der Waals surface area contributed by atoms with Crippen LogP contribution in [0.1, 0.15) is 113 Å². The molecule has 3 saturated heterocycles. The Labute approximate surface area is 433 Å². The quantitative estimate of drug-likeness (QED) is 0.0720. The van der Waals surface area contributed by atoms with Gasteiger partial charge in [0.15, 0.2) is 0 Å². The Morgan fingerprint density at radius 1 is 0.946 bits per heavy atom. The van der Waals surface area contributed by atoms with Gasteiger partial charge in [-0.15, -0.1) is 0 Å². The fourth-order valence-electron chi connectivity index (χ4n) is 13.5. The minimum absolute atomic E-state index is 0.0274. The lowest BCUT2D eigenvalue weighted by atomic mass is 9.43. The van der Waals surface area contributed by atoms with Gasteiger partial charge in [0.1, 0.15) is 23.1 Å². The van der Waals surface area contributed by atoms with Crippen molar-refractivity contribution in [3.05, 3.63) is 106 Å². The SMILES string of the molecule is Cc1ccccc1[C@@H]1COCCCN1[C@@H]1C[C@@]2(CCN(c3ccc(C(=O)NS(=O)(=O)c4ccc(NCC5CCC(C)(O)CC5)c([N+](=O)[O-])c4)c(N4c5cc6cc[nH]c6nc5O[C@H]5COCC[C@@H]54)c3)[C@H](C)C2)C1(C)C. The third kappa shape index (κ3) is 9.17. The summed E-state index contributed by atoms with van der Waals surface area (Å²) in [5, 5.41) is 26.8. The molecule has 0 bridgehead atoms. The molecule has 74 heavy (non-hydrogen) atoms. The van der Waals surface area contributed by atoms with Crippen LogP contribution >= 0.6 is 0 Å². The second-order valence-corrected chi connectivity index (χ2v) is 24.5. The van der Waals surface area contributed by atoms with Crippen LogP contribution in [0.2, 0.25) is 0 Å². The summed E-state index contributed by atoms with van der Waals surface area (Å²) in [4.78, 5) is 41.5. The number of fused-ring (bicyclic) bond motifs is 3. The number of nitro benzene ring substituents is 1. The number of aliphatic hydroxyl groups is 1. The molecule has 3 aromatic carbocycles. The molecule has 394 valence electrons. The van der Waals surface area contributed by atoms with Crippen molar-refractivity contribution < 1.29 is 37.5 Å². The van der Waals surface area contributed by atoms with Crippen molar-refractivity contribution in [1.82, 2.24) is 19.6 Å². The van der Waals surface area contributed by atoms with Crippen molar-refractivity contribution in [3.8, 4) is 5.88 Å². The Balaban J connectivity index is 0.898. The van der Waals surface area contributed by atoms with Gasteiger partial charge in [0.25, 0.3) is 21.6 Å². The van der Waals surface area contributed by atoms with E-state index in [2.05, 4.69) is 81.7 Å². The fraction of sp³-hybridized carbons (Fsp3) is 0.536. The Kier molecular flexibility index (Phi) is 13.2. The minimum Gasteiger partial charge on any atom is -0.468 e. The van der Waals surface area contributed by atoms with Crippen LogP contribution in [-0.4, -0.2) is 115 Å². The maximum Gasteiger partial charge on any atom is 0.293 e. The van der Waals surface area contributed by atoms with Crippen molar-refractivity contribution in [1.29, 1.82) is 0 Å². The highest BCUT2D eigenvalue weighted by molar-refractivity contribution is 7.90. The number of sulfonamides is 1. The zero-order valence-corrected chi connectivity index (χ0v) is 44.0. The van der Waals surface area contributed by atoms with E-state index >= 15 is 0 Å². The van der Waals surface area contributed by atoms with E-state index in [1.54, 1.807) is 6.07 Å². The average Bonchev–Trinajstić information content (AvgIpc) is 3.70. The first-order valence-corrected chi connectivity index (χ1v) is 28.0. The van der Waals surface area contributed by atoms with Crippen LogP contribution in [0.25, 0.3) is 11.0 Å². The van der Waals surface area contributed by atoms with Crippen molar-refractivity contribution in [2.75, 3.05) is 61.2 Å². The lowest BCUT2D eigenvalue weighted by molar-refractivity contribution is -0.384. The fourth-order valence-corrected chi connectivity index (χ4v) is 14.5. The monoisotopic (exact) mass is 1030 g/mol. The molecule has 5 fully saturated rings. The van der Waals surface area contributed by atoms with Crippen LogP contribution in [-0.2, 0) is 19.5 Å². The number of amides is 1. The summed E-state index contributed by atoms with van der Waals surface area (Å²) in [5.41, 5.74) is 4.60. The van der Waals surface area contributed by atoms with Crippen LogP contribution in [0.5, 0.6) is 5.88 Å². The van der Waals surface area contributed by atoms with Crippen LogP contribution in [0.3, 0.4) is 0 Å². The third-order valence-electron chi connectivity index (χ3n) is 18.1. The van der Waals surface area contributed by atoms with Gasteiger partial charge in [-0.1, -0.05) is 38.1 Å². The number of nitro groups is 1. The average molecular weight is 1030 g/mol. The highest BCUT2D eigenvalue weighted by atomic mass is 32.2. The predicted molar refractivity (Wildman–Crippen MR) is 284 cm³/mol. The molecular formula is C56H70N8O9S. The molecule has 2 saturated carbocycles. The number of aromatic nitrogens is 2. The largest absolute Gasteiger partial charge is 0.468 e. The Hall–Kier alpha value is -5.79. The number of piperidine rings is 1. The molecule has 4 N–H and O–H groups in total. The molecule has 4 aliphatic heterocycles. The maximum atomic E-state index is 14.8. The summed E-state index contributed by atoms with van der Waals surface area (Å²) in [7, 11) is -4.64. The number of nitrogens with one attached hydrogen (secondary N) is 3. The normalized spacial score (nSPS) is 29.1. The molecule has 6 atom stereocenters. The van der Waals surface area contributed by atoms with E-state index < -0.39 is 43.1 Å². The number of rotatable bonds is 11. The summed E-state index contributed by atoms with van der Waals surface area (Å²) in [5.74, 6) is -0.324. The zero-order chi connectivity index (χ0) is 51.7. The van der Waals surface area contributed by atoms with E-state index in [9.17, 15) is 28.4 Å². The van der Waals surface area contributed by atoms with Crippen molar-refractivity contribution in [3.63, 3.8) is 0 Å². The molecule has 6 aliphatic rings. The number of aromatic amines is 1. The number of carbonyl (C=O) groups is 1. The van der Waals surface area contributed by atoms with Gasteiger partial charge in [0.2, 0.25) is 5.88 Å². The van der Waals surface area contributed by atoms with Gasteiger partial charge in [-0.3, -0.25) is 19.8 Å². The first-order valence-electron chi connectivity index (χ1n) is 26.6. The van der Waals surface area contributed by atoms with Gasteiger partial charge < -0.3 is 39.4 Å². The van der Waals surface area contributed by atoms with Gasteiger partial charge >= 0.3 is 0 Å². The van der Waals surface area contributed by atoms with Crippen LogP contribution in [0.15, 0.2) is 83.9 Å². The number of hydrogen-bond donors (Lipinski definition) is 4. The lowest BCUT2D eigenvalue weighted by Crippen LogP contribution is -2.68. The number of hydrogen-bond acceptors (Lipinski definition) is 14. The van der Waals surface area contributed by atoms with Crippen molar-refractivity contribution >= 4 is 55.4 Å². The Morgan fingerprint density at radius 2 is 1.74 bits per heavy atom. The summed E-state index contributed by atoms with van der Waals surface area (Å²) >= 11 is 0. The number of aryl methyl sites for hydroxylation is 1. The van der Waals surface area contributed by atoms with E-state index in [1.165, 1.54) is 23.3 Å². The molecule has 18 heteroatoms. The number of H-pyrrole nitrogens is 1. The smallest absolute Gasteiger partial charge is 0.293 e. The Morgan fingerprint density at radius 3 is 2.51 bits per heavy atom. The number of anilines is 4. The van der Waals surface area contributed by atoms with Gasteiger partial charge in [0.05, 0.1) is 52.0 Å². The van der Waals surface area contributed by atoms with Gasteiger partial charge in [-0.05, 0) is 149 Å². The molecule has 1 amide bonds. The van der Waals surface area contributed by atoms with E-state index in [0.29, 0.717) is 74.6 Å². The number of nitrogens with zero attached hydrogens (tertiary/aromatic N) is 5. The predicted octanol–water partition coefficient (Wildman–Crippen LogP) is 9.18. The zero-order valence-electron chi connectivity index (χ0n) is 43.1. The summed E-state index contributed by atoms with van der Waals surface area (Å²) in [6, 6.07) is 22.3. The van der Waals surface area contributed by atoms with E-state index in [0.717, 1.165) is 75.4 Å². The topological polar surface area (TPSA) is 205 Å². The molecular weight excluding hydrogens is 961 g/mol. The minimum atomic E-state index is -4.64. The van der Waals surface area contributed by atoms with Gasteiger partial charge in [-0.2, -0.15) is 4.98 Å². The number of ether oxygens (including phenoxy) is 3. The number of carbonyl (C=O) groups excluding carboxylic acids is 1. The third-order valence-corrected chi connectivity index (χ3v) is 19.4. The second-order valence-electron chi connectivity index (χ2n) is 22.8. The molecule has 0 radical (unpaired) electrons. The van der Waals surface area contributed by atoms with Gasteiger partial charge in [-0.25, -0.2) is 13.1 Å². The number of benzene rings is 3. The Bertz CT molecular complexity index is 3060. The maximum absolute atomic E-state index is 14.8. The van der Waals surface area contributed by atoms with Crippen LogP contribution in [0, 0.1) is 33.8 Å². The van der Waals surface area contributed by atoms with Crippen LogP contribution in [0.4, 0.5) is 28.4 Å². The first kappa shape index (κ1) is 50.4. The van der Waals surface area contributed by atoms with Crippen molar-refractivity contribution in [2.24, 2.45) is 16.7 Å². The first-order chi connectivity index (χ1) is 35.4. The highest BCUT2D eigenvalue weighted by Gasteiger charge is 2.63. The van der Waals surface area contributed by atoms with Gasteiger partial charge in [0, 0.05) is 68.3 Å². The van der Waals surface area contributed by atoms with E-state index in [4.69, 9.17) is 19.2 Å². The van der Waals surface area contributed by atoms with Crippen molar-refractivity contribution in [2.45, 2.75) is 133 Å². The highest BCUT2D eigenvalue weighted by Crippen LogP contribution is 2.65. The molecule has 6 heterocycles. The molecule has 2 aromatic heterocycles. The summed E-state index contributed by atoms with van der Waals surface area (Å²) in [6.45, 7) is 15.7. The standard InChI is InChI=1S/C56H70N8O9S/c1-35-9-6-7-10-41(35)48-33-71-25-8-23-62(48)50-31-56(54(50,3)4)21-24-61(36(2)30-56)39-11-13-42(45(28-39)63-44-18-26-72-34-49(44)73-53-47(63)27-38-17-22-57-51(38)59-53)52(65)60-74(69,70)40-12-14-43(46(29-40)64(67)68)58-32-37-15-19-55(5,66)20-16-37/h6-7,9-14,17,22,27-29,36-37,44,48-50,58,66H,8,15-16,18-21,23-26,30-34H2,1-5H3,(H,57,59)(H,60,65)/t36-,37?,44+,48+,49+,50-,55?,56+/m1/s1. The lowest BCUT2D eigenvalue weighted by Gasteiger charge is -2.68.